The van der Waals surface area contributed by atoms with Gasteiger partial charge in [0.05, 0.1) is 24.7 Å². The second kappa shape index (κ2) is 14.9. The maximum atomic E-state index is 12.2. The highest BCUT2D eigenvalue weighted by Crippen LogP contribution is 2.25. The molecular weight excluding hydrogens is 521 g/mol. The van der Waals surface area contributed by atoms with E-state index in [1.807, 2.05) is 24.3 Å². The standard InChI is InChI=1S/C24H21F3N6O2S.CH4O/c1-34-21-5-3-2-4-20(21)32-23(36)33-31-14-16-6-8-17(9-7-16)22(28)30-15-29-18-10-12-19(13-11-18)35-24(25,26)27;1-2/h2-15H,1H3,(H2,28,29,30)(H2,32,33,36);2H,1H3/b31-14+;. The number of aliphatic imine (C=N–C) groups is 2. The number of anilines is 1. The molecule has 0 radical (unpaired) electrons. The summed E-state index contributed by atoms with van der Waals surface area (Å²) in [4.78, 5) is 8.09. The molecule has 3 rings (SSSR count). The fourth-order valence-electron chi connectivity index (χ4n) is 2.77. The SMILES string of the molecule is CO.COc1ccccc1NC(=S)N/N=C/c1ccc(C(N)=NC=Nc2ccc(OC(F)(F)F)cc2)cc1. The molecule has 0 aliphatic rings. The van der Waals surface area contributed by atoms with E-state index in [0.29, 0.717) is 27.8 Å². The number of halogens is 3. The molecule has 0 heterocycles. The summed E-state index contributed by atoms with van der Waals surface area (Å²) in [5, 5.41) is 14.4. The van der Waals surface area contributed by atoms with E-state index < -0.39 is 6.36 Å². The Bertz CT molecular complexity index is 1260. The van der Waals surface area contributed by atoms with Gasteiger partial charge in [-0.2, -0.15) is 5.10 Å². The van der Waals surface area contributed by atoms with Gasteiger partial charge in [-0.25, -0.2) is 9.98 Å². The van der Waals surface area contributed by atoms with E-state index in [-0.39, 0.29) is 11.6 Å². The molecule has 3 aromatic rings. The number of benzene rings is 3. The number of aliphatic hydroxyl groups is 1. The van der Waals surface area contributed by atoms with Gasteiger partial charge in [0.25, 0.3) is 0 Å². The number of thiocarbonyl (C=S) groups is 1. The molecule has 0 amide bonds. The molecule has 0 aromatic heterocycles. The average Bonchev–Trinajstić information content (AvgIpc) is 2.90. The van der Waals surface area contributed by atoms with Crippen molar-refractivity contribution in [3.63, 3.8) is 0 Å². The molecule has 0 aliphatic carbocycles. The number of ether oxygens (including phenoxy) is 2. The van der Waals surface area contributed by atoms with Crippen LogP contribution in [0.1, 0.15) is 11.1 Å². The van der Waals surface area contributed by atoms with Crippen LogP contribution in [0.2, 0.25) is 0 Å². The molecule has 0 bridgehead atoms. The molecule has 0 aliphatic heterocycles. The van der Waals surface area contributed by atoms with Crippen LogP contribution in [0.25, 0.3) is 0 Å². The van der Waals surface area contributed by atoms with Gasteiger partial charge in [-0.05, 0) is 54.2 Å². The van der Waals surface area contributed by atoms with E-state index in [0.717, 1.165) is 24.8 Å². The molecule has 5 N–H and O–H groups in total. The Morgan fingerprint density at radius 2 is 1.66 bits per heavy atom. The van der Waals surface area contributed by atoms with Crippen LogP contribution in [-0.4, -0.2) is 49.2 Å². The normalized spacial score (nSPS) is 11.6. The van der Waals surface area contributed by atoms with Crippen molar-refractivity contribution in [3.05, 3.63) is 83.9 Å². The number of methoxy groups -OCH3 is 1. The summed E-state index contributed by atoms with van der Waals surface area (Å²) < 4.78 is 45.7. The van der Waals surface area contributed by atoms with Crippen molar-refractivity contribution in [2.24, 2.45) is 20.8 Å². The zero-order valence-corrected chi connectivity index (χ0v) is 21.1. The first-order valence-corrected chi connectivity index (χ1v) is 11.1. The van der Waals surface area contributed by atoms with Gasteiger partial charge in [0, 0.05) is 12.7 Å². The van der Waals surface area contributed by atoms with Gasteiger partial charge in [-0.15, -0.1) is 13.2 Å². The van der Waals surface area contributed by atoms with Crippen molar-refractivity contribution in [2.75, 3.05) is 19.5 Å². The lowest BCUT2D eigenvalue weighted by atomic mass is 10.1. The van der Waals surface area contributed by atoms with Gasteiger partial charge in [-0.1, -0.05) is 36.4 Å². The maximum Gasteiger partial charge on any atom is 0.573 e. The van der Waals surface area contributed by atoms with E-state index in [1.165, 1.54) is 18.5 Å². The molecule has 3 aromatic carbocycles. The van der Waals surface area contributed by atoms with Crippen LogP contribution in [0.3, 0.4) is 0 Å². The van der Waals surface area contributed by atoms with Crippen LogP contribution in [0.5, 0.6) is 11.5 Å². The summed E-state index contributed by atoms with van der Waals surface area (Å²) in [5.41, 5.74) is 11.2. The largest absolute Gasteiger partial charge is 0.573 e. The van der Waals surface area contributed by atoms with Gasteiger partial charge < -0.3 is 25.6 Å². The van der Waals surface area contributed by atoms with Crippen LogP contribution < -0.4 is 25.9 Å². The molecular formula is C25H25F3N6O3S. The van der Waals surface area contributed by atoms with E-state index in [4.69, 9.17) is 27.8 Å². The van der Waals surface area contributed by atoms with Crippen LogP contribution >= 0.6 is 12.2 Å². The number of amidine groups is 1. The van der Waals surface area contributed by atoms with Crippen molar-refractivity contribution in [1.29, 1.82) is 0 Å². The van der Waals surface area contributed by atoms with E-state index in [2.05, 4.69) is 30.6 Å². The van der Waals surface area contributed by atoms with Gasteiger partial charge in [0.2, 0.25) is 0 Å². The lowest BCUT2D eigenvalue weighted by Gasteiger charge is -2.10. The first-order valence-electron chi connectivity index (χ1n) is 10.7. The average molecular weight is 547 g/mol. The maximum absolute atomic E-state index is 12.2. The third kappa shape index (κ3) is 10.2. The number of hydrogen-bond donors (Lipinski definition) is 4. The minimum Gasteiger partial charge on any atom is -0.495 e. The number of rotatable bonds is 8. The molecule has 0 spiro atoms. The molecule has 0 saturated heterocycles. The number of hydrazone groups is 1. The zero-order chi connectivity index (χ0) is 28.0. The van der Waals surface area contributed by atoms with Gasteiger partial charge in [0.15, 0.2) is 5.11 Å². The molecule has 38 heavy (non-hydrogen) atoms. The minimum absolute atomic E-state index is 0.208. The van der Waals surface area contributed by atoms with Gasteiger partial charge in [-0.3, -0.25) is 5.43 Å². The number of aliphatic hydroxyl groups excluding tert-OH is 1. The van der Waals surface area contributed by atoms with Crippen LogP contribution in [0.15, 0.2) is 87.9 Å². The second-order valence-corrected chi connectivity index (χ2v) is 7.36. The number of nitrogens with zero attached hydrogens (tertiary/aromatic N) is 3. The third-order valence-corrected chi connectivity index (χ3v) is 4.61. The van der Waals surface area contributed by atoms with E-state index in [9.17, 15) is 13.2 Å². The molecule has 9 nitrogen and oxygen atoms in total. The van der Waals surface area contributed by atoms with Crippen LogP contribution in [0, 0.1) is 0 Å². The lowest BCUT2D eigenvalue weighted by molar-refractivity contribution is -0.274. The van der Waals surface area contributed by atoms with E-state index >= 15 is 0 Å². The first kappa shape index (κ1) is 29.7. The summed E-state index contributed by atoms with van der Waals surface area (Å²) in [6, 6.07) is 19.5. The highest BCUT2D eigenvalue weighted by atomic mass is 32.1. The second-order valence-electron chi connectivity index (χ2n) is 6.95. The number of nitrogens with two attached hydrogens (primary N) is 1. The van der Waals surface area contributed by atoms with Crippen molar-refractivity contribution in [3.8, 4) is 11.5 Å². The predicted octanol–water partition coefficient (Wildman–Crippen LogP) is 4.59. The fraction of sp³-hybridized carbons (Fsp3) is 0.120. The highest BCUT2D eigenvalue weighted by molar-refractivity contribution is 7.80. The first-order chi connectivity index (χ1) is 18.2. The topological polar surface area (TPSA) is 126 Å². The van der Waals surface area contributed by atoms with Crippen LogP contribution in [0.4, 0.5) is 24.5 Å². The molecule has 0 atom stereocenters. The Morgan fingerprint density at radius 3 is 2.29 bits per heavy atom. The van der Waals surface area contributed by atoms with Crippen molar-refractivity contribution in [1.82, 2.24) is 5.43 Å². The Labute approximate surface area is 222 Å². The van der Waals surface area contributed by atoms with Crippen molar-refractivity contribution >= 4 is 47.1 Å². The highest BCUT2D eigenvalue weighted by Gasteiger charge is 2.30. The lowest BCUT2D eigenvalue weighted by Crippen LogP contribution is -2.24. The van der Waals surface area contributed by atoms with Gasteiger partial charge >= 0.3 is 6.36 Å². The van der Waals surface area contributed by atoms with Crippen LogP contribution in [-0.2, 0) is 0 Å². The summed E-state index contributed by atoms with van der Waals surface area (Å²) in [5.74, 6) is 0.524. The number of para-hydroxylation sites is 2. The Morgan fingerprint density at radius 1 is 1.00 bits per heavy atom. The number of alkyl halides is 3. The summed E-state index contributed by atoms with van der Waals surface area (Å²) in [6.45, 7) is 0. The van der Waals surface area contributed by atoms with Gasteiger partial charge in [0.1, 0.15) is 23.7 Å². The Balaban J connectivity index is 0.00000247. The predicted molar refractivity (Wildman–Crippen MR) is 147 cm³/mol. The molecule has 13 heteroatoms. The molecule has 0 fully saturated rings. The van der Waals surface area contributed by atoms with Crippen molar-refractivity contribution in [2.45, 2.75) is 6.36 Å². The molecule has 0 saturated carbocycles. The molecule has 200 valence electrons. The monoisotopic (exact) mass is 546 g/mol. The summed E-state index contributed by atoms with van der Waals surface area (Å²) in [7, 11) is 2.57. The zero-order valence-electron chi connectivity index (χ0n) is 20.3. The number of nitrogens with one attached hydrogen (secondary N) is 2. The minimum atomic E-state index is -4.75. The number of hydrogen-bond acceptors (Lipinski definition) is 6. The Hall–Kier alpha value is -4.49. The Kier molecular flexibility index (Phi) is 11.7. The van der Waals surface area contributed by atoms with Crippen molar-refractivity contribution < 1.29 is 27.8 Å². The summed E-state index contributed by atoms with van der Waals surface area (Å²) >= 11 is 5.23. The fourth-order valence-corrected chi connectivity index (χ4v) is 2.93. The quantitative estimate of drug-likeness (QED) is 0.141. The summed E-state index contributed by atoms with van der Waals surface area (Å²) in [6.07, 6.45) is -1.95. The molecule has 0 unspecified atom stereocenters. The smallest absolute Gasteiger partial charge is 0.495 e. The van der Waals surface area contributed by atoms with E-state index in [1.54, 1.807) is 37.6 Å². The third-order valence-electron chi connectivity index (χ3n) is 4.42.